The molecular weight excluding hydrogens is 244 g/mol. The maximum absolute atomic E-state index is 11.1. The first kappa shape index (κ1) is 13.5. The molecule has 0 aliphatic carbocycles. The first-order valence-electron chi connectivity index (χ1n) is 6.35. The first-order chi connectivity index (χ1) is 9.06. The van der Waals surface area contributed by atoms with Crippen molar-refractivity contribution in [1.29, 1.82) is 0 Å². The van der Waals surface area contributed by atoms with Crippen molar-refractivity contribution in [3.05, 3.63) is 35.4 Å². The molecule has 0 saturated heterocycles. The van der Waals surface area contributed by atoms with Crippen molar-refractivity contribution >= 4 is 11.9 Å². The highest BCUT2D eigenvalue weighted by atomic mass is 16.4. The van der Waals surface area contributed by atoms with Gasteiger partial charge in [0.2, 0.25) is 5.91 Å². The van der Waals surface area contributed by atoms with Crippen LogP contribution in [0.2, 0.25) is 0 Å². The highest BCUT2D eigenvalue weighted by Gasteiger charge is 2.24. The molecule has 5 heteroatoms. The number of rotatable bonds is 4. The van der Waals surface area contributed by atoms with Crippen LogP contribution in [0.3, 0.4) is 0 Å². The number of carbonyl (C=O) groups is 2. The maximum atomic E-state index is 11.1. The number of carboxylic acid groups (broad SMARTS) is 1. The number of aliphatic carboxylic acids is 1. The molecule has 5 nitrogen and oxygen atoms in total. The van der Waals surface area contributed by atoms with Gasteiger partial charge in [-0.1, -0.05) is 24.3 Å². The number of carboxylic acids is 1. The molecule has 0 saturated carbocycles. The van der Waals surface area contributed by atoms with Crippen LogP contribution in [0.15, 0.2) is 24.3 Å². The van der Waals surface area contributed by atoms with Crippen molar-refractivity contribution in [2.45, 2.75) is 25.9 Å². The predicted octanol–water partition coefficient (Wildman–Crippen LogP) is 0.634. The lowest BCUT2D eigenvalue weighted by Crippen LogP contribution is -2.48. The second-order valence-corrected chi connectivity index (χ2v) is 4.85. The van der Waals surface area contributed by atoms with Crippen LogP contribution in [-0.4, -0.2) is 41.0 Å². The summed E-state index contributed by atoms with van der Waals surface area (Å²) in [6.07, 6.45) is 0.919. The van der Waals surface area contributed by atoms with E-state index < -0.39 is 12.0 Å². The van der Waals surface area contributed by atoms with Gasteiger partial charge in [0.05, 0.1) is 0 Å². The number of carbonyl (C=O) groups excluding carboxylic acids is 1. The van der Waals surface area contributed by atoms with Gasteiger partial charge in [0.15, 0.2) is 0 Å². The van der Waals surface area contributed by atoms with Crippen LogP contribution in [0.1, 0.15) is 18.1 Å². The molecule has 19 heavy (non-hydrogen) atoms. The molecule has 2 N–H and O–H groups in total. The molecule has 0 radical (unpaired) electrons. The largest absolute Gasteiger partial charge is 0.480 e. The SMILES string of the molecule is CC(=O)NC(CN1CCc2ccccc2C1)C(=O)O. The van der Waals surface area contributed by atoms with Gasteiger partial charge in [-0.3, -0.25) is 9.69 Å². The van der Waals surface area contributed by atoms with E-state index in [1.807, 2.05) is 12.1 Å². The van der Waals surface area contributed by atoms with E-state index >= 15 is 0 Å². The van der Waals surface area contributed by atoms with Crippen molar-refractivity contribution in [2.75, 3.05) is 13.1 Å². The molecule has 0 fully saturated rings. The Bertz CT molecular complexity index is 487. The van der Waals surface area contributed by atoms with Crippen LogP contribution in [0, 0.1) is 0 Å². The van der Waals surface area contributed by atoms with Crippen molar-refractivity contribution in [3.63, 3.8) is 0 Å². The van der Waals surface area contributed by atoms with Crippen LogP contribution in [0.25, 0.3) is 0 Å². The molecule has 1 aromatic carbocycles. The Morgan fingerprint density at radius 3 is 2.68 bits per heavy atom. The fraction of sp³-hybridized carbons (Fsp3) is 0.429. The van der Waals surface area contributed by atoms with E-state index in [0.29, 0.717) is 6.54 Å². The van der Waals surface area contributed by atoms with Gasteiger partial charge in [-0.2, -0.15) is 0 Å². The molecule has 102 valence electrons. The summed E-state index contributed by atoms with van der Waals surface area (Å²) in [4.78, 5) is 24.2. The van der Waals surface area contributed by atoms with Crippen LogP contribution in [0.5, 0.6) is 0 Å². The highest BCUT2D eigenvalue weighted by Crippen LogP contribution is 2.18. The Morgan fingerprint density at radius 1 is 1.37 bits per heavy atom. The summed E-state index contributed by atoms with van der Waals surface area (Å²) in [5, 5.41) is 11.6. The van der Waals surface area contributed by atoms with E-state index in [1.165, 1.54) is 18.1 Å². The molecule has 0 aromatic heterocycles. The summed E-state index contributed by atoms with van der Waals surface area (Å²) in [7, 11) is 0. The Hall–Kier alpha value is -1.88. The van der Waals surface area contributed by atoms with Gasteiger partial charge in [-0.25, -0.2) is 4.79 Å². The third-order valence-electron chi connectivity index (χ3n) is 3.33. The molecule has 2 rings (SSSR count). The molecule has 1 amide bonds. The summed E-state index contributed by atoms with van der Waals surface area (Å²) in [6.45, 7) is 3.23. The van der Waals surface area contributed by atoms with Gasteiger partial charge >= 0.3 is 5.97 Å². The summed E-state index contributed by atoms with van der Waals surface area (Å²) in [5.41, 5.74) is 2.56. The first-order valence-corrected chi connectivity index (χ1v) is 6.35. The van der Waals surface area contributed by atoms with Gasteiger partial charge in [-0.05, 0) is 17.5 Å². The molecule has 1 heterocycles. The van der Waals surface area contributed by atoms with Crippen molar-refractivity contribution in [3.8, 4) is 0 Å². The van der Waals surface area contributed by atoms with E-state index in [2.05, 4.69) is 22.3 Å². The second-order valence-electron chi connectivity index (χ2n) is 4.85. The minimum Gasteiger partial charge on any atom is -0.480 e. The van der Waals surface area contributed by atoms with E-state index in [0.717, 1.165) is 19.5 Å². The molecule has 1 unspecified atom stereocenters. The van der Waals surface area contributed by atoms with Gasteiger partial charge in [0.25, 0.3) is 0 Å². The number of benzene rings is 1. The minimum atomic E-state index is -0.992. The fourth-order valence-corrected chi connectivity index (χ4v) is 2.40. The van der Waals surface area contributed by atoms with E-state index in [-0.39, 0.29) is 5.91 Å². The minimum absolute atomic E-state index is 0.315. The van der Waals surface area contributed by atoms with Crippen molar-refractivity contribution < 1.29 is 14.7 Å². The Labute approximate surface area is 112 Å². The summed E-state index contributed by atoms with van der Waals surface area (Å²) in [5.74, 6) is -1.31. The topological polar surface area (TPSA) is 69.6 Å². The number of hydrogen-bond donors (Lipinski definition) is 2. The molecule has 1 atom stereocenters. The number of fused-ring (bicyclic) bond motifs is 1. The Morgan fingerprint density at radius 2 is 2.05 bits per heavy atom. The van der Waals surface area contributed by atoms with E-state index in [1.54, 1.807) is 0 Å². The van der Waals surface area contributed by atoms with Crippen molar-refractivity contribution in [1.82, 2.24) is 10.2 Å². The zero-order valence-electron chi connectivity index (χ0n) is 10.9. The number of amides is 1. The molecule has 1 aromatic rings. The number of nitrogens with one attached hydrogen (secondary N) is 1. The van der Waals surface area contributed by atoms with Gasteiger partial charge in [-0.15, -0.1) is 0 Å². The summed E-state index contributed by atoms with van der Waals surface area (Å²) >= 11 is 0. The lowest BCUT2D eigenvalue weighted by atomic mass is 9.99. The molecule has 0 bridgehead atoms. The van der Waals surface area contributed by atoms with Gasteiger partial charge < -0.3 is 10.4 Å². The fourth-order valence-electron chi connectivity index (χ4n) is 2.40. The van der Waals surface area contributed by atoms with Gasteiger partial charge in [0.1, 0.15) is 6.04 Å². The highest BCUT2D eigenvalue weighted by molar-refractivity contribution is 5.82. The van der Waals surface area contributed by atoms with Crippen LogP contribution < -0.4 is 5.32 Å². The normalized spacial score (nSPS) is 16.5. The van der Waals surface area contributed by atoms with Crippen LogP contribution in [0.4, 0.5) is 0 Å². The molecule has 1 aliphatic heterocycles. The lowest BCUT2D eigenvalue weighted by Gasteiger charge is -2.30. The summed E-state index contributed by atoms with van der Waals surface area (Å²) in [6, 6.07) is 7.34. The van der Waals surface area contributed by atoms with E-state index in [9.17, 15) is 9.59 Å². The molecule has 1 aliphatic rings. The zero-order chi connectivity index (χ0) is 13.8. The Balaban J connectivity index is 2.00. The standard InChI is InChI=1S/C14H18N2O3/c1-10(17)15-13(14(18)19)9-16-7-6-11-4-2-3-5-12(11)8-16/h2-5,13H,6-9H2,1H3,(H,15,17)(H,18,19). The third kappa shape index (κ3) is 3.54. The van der Waals surface area contributed by atoms with E-state index in [4.69, 9.17) is 5.11 Å². The monoisotopic (exact) mass is 262 g/mol. The van der Waals surface area contributed by atoms with Crippen LogP contribution >= 0.6 is 0 Å². The average Bonchev–Trinajstić information content (AvgIpc) is 2.37. The number of hydrogen-bond acceptors (Lipinski definition) is 3. The molecular formula is C14H18N2O3. The lowest BCUT2D eigenvalue weighted by molar-refractivity contribution is -0.142. The summed E-state index contributed by atoms with van der Waals surface area (Å²) < 4.78 is 0. The zero-order valence-corrected chi connectivity index (χ0v) is 10.9. The predicted molar refractivity (Wildman–Crippen MR) is 70.7 cm³/mol. The number of nitrogens with zero attached hydrogens (tertiary/aromatic N) is 1. The molecule has 0 spiro atoms. The van der Waals surface area contributed by atoms with Gasteiger partial charge in [0, 0.05) is 26.6 Å². The van der Waals surface area contributed by atoms with Crippen molar-refractivity contribution in [2.24, 2.45) is 0 Å². The maximum Gasteiger partial charge on any atom is 0.327 e. The Kier molecular flexibility index (Phi) is 4.16. The quantitative estimate of drug-likeness (QED) is 0.835. The van der Waals surface area contributed by atoms with Crippen LogP contribution in [-0.2, 0) is 22.6 Å². The smallest absolute Gasteiger partial charge is 0.327 e. The third-order valence-corrected chi connectivity index (χ3v) is 3.33. The second kappa shape index (κ2) is 5.84. The average molecular weight is 262 g/mol.